The molecule has 1 aromatic carbocycles. The Balaban J connectivity index is 2.46. The first kappa shape index (κ1) is 14.9. The topological polar surface area (TPSA) is 80.5 Å². The fourth-order valence-corrected chi connectivity index (χ4v) is 4.28. The van der Waals surface area contributed by atoms with Crippen LogP contribution in [0.4, 0.5) is 4.39 Å². The molecule has 0 unspecified atom stereocenters. The molecule has 1 heterocycles. The maximum absolute atomic E-state index is 12.9. The number of nitrogens with two attached hydrogens (primary N) is 1. The Kier molecular flexibility index (Phi) is 3.84. The molecular formula is C13H17FN2O3S. The van der Waals surface area contributed by atoms with Gasteiger partial charge in [-0.15, -0.1) is 0 Å². The molecular weight excluding hydrogens is 283 g/mol. The van der Waals surface area contributed by atoms with E-state index in [9.17, 15) is 17.6 Å². The molecule has 0 spiro atoms. The first-order chi connectivity index (χ1) is 9.28. The van der Waals surface area contributed by atoms with Crippen molar-refractivity contribution >= 4 is 15.9 Å². The largest absolute Gasteiger partial charge is 0.368 e. The molecule has 2 N–H and O–H groups in total. The van der Waals surface area contributed by atoms with Crippen molar-refractivity contribution in [3.63, 3.8) is 0 Å². The minimum absolute atomic E-state index is 0.0340. The van der Waals surface area contributed by atoms with Gasteiger partial charge in [0, 0.05) is 6.54 Å². The van der Waals surface area contributed by atoms with Gasteiger partial charge in [-0.05, 0) is 50.5 Å². The maximum atomic E-state index is 12.9. The predicted octanol–water partition coefficient (Wildman–Crippen LogP) is 1.24. The van der Waals surface area contributed by atoms with E-state index in [2.05, 4.69) is 0 Å². The zero-order valence-electron chi connectivity index (χ0n) is 11.2. The number of piperidine rings is 1. The highest BCUT2D eigenvalue weighted by Gasteiger charge is 2.46. The summed E-state index contributed by atoms with van der Waals surface area (Å²) in [5, 5.41) is 0. The van der Waals surface area contributed by atoms with Crippen LogP contribution >= 0.6 is 0 Å². The number of amides is 1. The molecule has 0 saturated carbocycles. The van der Waals surface area contributed by atoms with E-state index in [0.717, 1.165) is 22.9 Å². The van der Waals surface area contributed by atoms with Gasteiger partial charge in [-0.2, -0.15) is 4.31 Å². The van der Waals surface area contributed by atoms with E-state index in [1.54, 1.807) is 0 Å². The zero-order chi connectivity index (χ0) is 15.0. The molecule has 0 aromatic heterocycles. The molecule has 1 aliphatic heterocycles. The number of halogens is 1. The van der Waals surface area contributed by atoms with Crippen molar-refractivity contribution < 1.29 is 17.6 Å². The molecule has 7 heteroatoms. The second kappa shape index (κ2) is 5.14. The van der Waals surface area contributed by atoms with Crippen molar-refractivity contribution in [3.8, 4) is 0 Å². The van der Waals surface area contributed by atoms with E-state index >= 15 is 0 Å². The smallest absolute Gasteiger partial charge is 0.244 e. The summed E-state index contributed by atoms with van der Waals surface area (Å²) in [7, 11) is -3.87. The van der Waals surface area contributed by atoms with Crippen molar-refractivity contribution in [2.24, 2.45) is 5.73 Å². The van der Waals surface area contributed by atoms with Gasteiger partial charge in [-0.3, -0.25) is 4.79 Å². The molecule has 0 bridgehead atoms. The molecule has 1 aromatic rings. The van der Waals surface area contributed by atoms with Crippen molar-refractivity contribution in [1.29, 1.82) is 0 Å². The lowest BCUT2D eigenvalue weighted by Gasteiger charge is -2.41. The van der Waals surface area contributed by atoms with E-state index < -0.39 is 27.3 Å². The Bertz CT molecular complexity index is 615. The maximum Gasteiger partial charge on any atom is 0.244 e. The quantitative estimate of drug-likeness (QED) is 0.912. The third kappa shape index (κ3) is 2.43. The number of nitrogens with zero attached hydrogens (tertiary/aromatic N) is 1. The van der Waals surface area contributed by atoms with Gasteiger partial charge >= 0.3 is 0 Å². The zero-order valence-corrected chi connectivity index (χ0v) is 12.0. The van der Waals surface area contributed by atoms with Gasteiger partial charge in [0.15, 0.2) is 0 Å². The van der Waals surface area contributed by atoms with Crippen molar-refractivity contribution in [1.82, 2.24) is 4.31 Å². The molecule has 5 nitrogen and oxygen atoms in total. The van der Waals surface area contributed by atoms with Crippen molar-refractivity contribution in [2.75, 3.05) is 6.54 Å². The van der Waals surface area contributed by atoms with Crippen LogP contribution in [0.25, 0.3) is 0 Å². The molecule has 110 valence electrons. The van der Waals surface area contributed by atoms with Crippen molar-refractivity contribution in [2.45, 2.75) is 36.6 Å². The number of hydrogen-bond donors (Lipinski definition) is 1. The van der Waals surface area contributed by atoms with Gasteiger partial charge in [0.1, 0.15) is 11.4 Å². The van der Waals surface area contributed by atoms with Crippen LogP contribution in [0.15, 0.2) is 29.2 Å². The fourth-order valence-electron chi connectivity index (χ4n) is 2.46. The normalized spacial score (nSPS) is 24.5. The number of primary amides is 1. The summed E-state index contributed by atoms with van der Waals surface area (Å²) >= 11 is 0. The average molecular weight is 300 g/mol. The van der Waals surface area contributed by atoms with Crippen LogP contribution in [-0.2, 0) is 14.8 Å². The van der Waals surface area contributed by atoms with E-state index in [1.807, 2.05) is 0 Å². The van der Waals surface area contributed by atoms with Crippen LogP contribution < -0.4 is 5.73 Å². The molecule has 1 amide bonds. The third-order valence-corrected chi connectivity index (χ3v) is 5.79. The lowest BCUT2D eigenvalue weighted by Crippen LogP contribution is -2.59. The molecule has 1 saturated heterocycles. The minimum Gasteiger partial charge on any atom is -0.368 e. The Morgan fingerprint density at radius 2 is 1.90 bits per heavy atom. The Labute approximate surface area is 117 Å². The summed E-state index contributed by atoms with van der Waals surface area (Å²) in [6.45, 7) is 1.77. The molecule has 0 radical (unpaired) electrons. The highest BCUT2D eigenvalue weighted by molar-refractivity contribution is 7.89. The van der Waals surface area contributed by atoms with Crippen LogP contribution in [0.5, 0.6) is 0 Å². The van der Waals surface area contributed by atoms with E-state index in [1.165, 1.54) is 19.1 Å². The van der Waals surface area contributed by atoms with Gasteiger partial charge in [-0.1, -0.05) is 0 Å². The molecule has 2 rings (SSSR count). The number of benzene rings is 1. The first-order valence-corrected chi connectivity index (χ1v) is 7.81. The second-order valence-corrected chi connectivity index (χ2v) is 6.99. The molecule has 1 atom stereocenters. The highest BCUT2D eigenvalue weighted by Crippen LogP contribution is 2.33. The fraction of sp³-hybridized carbons (Fsp3) is 0.462. The standard InChI is InChI=1S/C13H17FN2O3S/c1-13(12(15)17)8-2-3-9-16(13)20(18,19)11-6-4-10(14)5-7-11/h4-7H,2-3,8-9H2,1H3,(H2,15,17)/t13-/m0/s1. The lowest BCUT2D eigenvalue weighted by molar-refractivity contribution is -0.128. The third-order valence-electron chi connectivity index (χ3n) is 3.76. The van der Waals surface area contributed by atoms with E-state index in [-0.39, 0.29) is 11.4 Å². The van der Waals surface area contributed by atoms with Gasteiger partial charge in [0.2, 0.25) is 15.9 Å². The number of sulfonamides is 1. The number of hydrogen-bond acceptors (Lipinski definition) is 3. The first-order valence-electron chi connectivity index (χ1n) is 6.37. The Hall–Kier alpha value is -1.47. The van der Waals surface area contributed by atoms with Crippen LogP contribution in [-0.4, -0.2) is 30.7 Å². The van der Waals surface area contributed by atoms with Gasteiger partial charge < -0.3 is 5.73 Å². The summed E-state index contributed by atoms with van der Waals surface area (Å²) < 4.78 is 39.3. The Morgan fingerprint density at radius 1 is 1.30 bits per heavy atom. The summed E-state index contributed by atoms with van der Waals surface area (Å²) in [6.07, 6.45) is 1.81. The summed E-state index contributed by atoms with van der Waals surface area (Å²) in [5.74, 6) is -1.18. The number of carbonyl (C=O) groups excluding carboxylic acids is 1. The van der Waals surface area contributed by atoms with Crippen LogP contribution in [0, 0.1) is 5.82 Å². The monoisotopic (exact) mass is 300 g/mol. The highest BCUT2D eigenvalue weighted by atomic mass is 32.2. The van der Waals surface area contributed by atoms with Crippen LogP contribution in [0.1, 0.15) is 26.2 Å². The van der Waals surface area contributed by atoms with Gasteiger partial charge in [0.25, 0.3) is 0 Å². The number of rotatable bonds is 3. The van der Waals surface area contributed by atoms with Crippen LogP contribution in [0.3, 0.4) is 0 Å². The Morgan fingerprint density at radius 3 is 2.45 bits per heavy atom. The summed E-state index contributed by atoms with van der Waals surface area (Å²) in [6, 6.07) is 4.55. The van der Waals surface area contributed by atoms with Crippen LogP contribution in [0.2, 0.25) is 0 Å². The SMILES string of the molecule is C[C@@]1(C(N)=O)CCCCN1S(=O)(=O)c1ccc(F)cc1. The van der Waals surface area contributed by atoms with E-state index in [0.29, 0.717) is 12.8 Å². The lowest BCUT2D eigenvalue weighted by atomic mass is 9.90. The molecule has 20 heavy (non-hydrogen) atoms. The van der Waals surface area contributed by atoms with E-state index in [4.69, 9.17) is 5.73 Å². The second-order valence-electron chi connectivity index (χ2n) is 5.13. The van der Waals surface area contributed by atoms with Gasteiger partial charge in [0.05, 0.1) is 4.90 Å². The molecule has 1 fully saturated rings. The molecule has 1 aliphatic rings. The average Bonchev–Trinajstić information content (AvgIpc) is 2.39. The van der Waals surface area contributed by atoms with Gasteiger partial charge in [-0.25, -0.2) is 12.8 Å². The summed E-state index contributed by atoms with van der Waals surface area (Å²) in [5.41, 5.74) is 4.15. The summed E-state index contributed by atoms with van der Waals surface area (Å²) in [4.78, 5) is 11.6. The minimum atomic E-state index is -3.87. The predicted molar refractivity (Wildman–Crippen MR) is 71.7 cm³/mol. The number of carbonyl (C=O) groups is 1. The van der Waals surface area contributed by atoms with Crippen molar-refractivity contribution in [3.05, 3.63) is 30.1 Å². The molecule has 0 aliphatic carbocycles.